The Bertz CT molecular complexity index is 1170. The molecular formula is C25H25ClN4OS. The van der Waals surface area contributed by atoms with Gasteiger partial charge in [-0.05, 0) is 55.0 Å². The van der Waals surface area contributed by atoms with Gasteiger partial charge in [0, 0.05) is 28.9 Å². The summed E-state index contributed by atoms with van der Waals surface area (Å²) in [6.45, 7) is 2.66. The van der Waals surface area contributed by atoms with Crippen LogP contribution >= 0.6 is 23.8 Å². The van der Waals surface area contributed by atoms with E-state index < -0.39 is 0 Å². The van der Waals surface area contributed by atoms with E-state index in [0.717, 1.165) is 39.5 Å². The van der Waals surface area contributed by atoms with Gasteiger partial charge in [0.2, 0.25) is 0 Å². The molecule has 0 radical (unpaired) electrons. The van der Waals surface area contributed by atoms with Gasteiger partial charge in [0.25, 0.3) is 0 Å². The van der Waals surface area contributed by atoms with E-state index in [-0.39, 0.29) is 6.17 Å². The Labute approximate surface area is 199 Å². The van der Waals surface area contributed by atoms with Crippen molar-refractivity contribution >= 4 is 46.0 Å². The molecule has 1 heterocycles. The summed E-state index contributed by atoms with van der Waals surface area (Å²) >= 11 is 12.0. The number of fused-ring (bicyclic) bond motifs is 1. The van der Waals surface area contributed by atoms with E-state index >= 15 is 0 Å². The van der Waals surface area contributed by atoms with Gasteiger partial charge in [-0.1, -0.05) is 48.0 Å². The molecule has 0 amide bonds. The van der Waals surface area contributed by atoms with Crippen LogP contribution in [0.2, 0.25) is 5.02 Å². The maximum absolute atomic E-state index is 6.35. The van der Waals surface area contributed by atoms with Crippen LogP contribution in [-0.4, -0.2) is 37.7 Å². The zero-order chi connectivity index (χ0) is 22.7. The van der Waals surface area contributed by atoms with E-state index in [9.17, 15) is 0 Å². The summed E-state index contributed by atoms with van der Waals surface area (Å²) in [5, 5.41) is 7.77. The Morgan fingerprint density at radius 3 is 2.66 bits per heavy atom. The number of nitrogens with zero attached hydrogens (tertiary/aromatic N) is 2. The fourth-order valence-corrected chi connectivity index (χ4v) is 4.21. The van der Waals surface area contributed by atoms with Crippen LogP contribution in [0.25, 0.3) is 0 Å². The lowest BCUT2D eigenvalue weighted by atomic mass is 10.0. The van der Waals surface area contributed by atoms with Crippen LogP contribution in [0.3, 0.4) is 0 Å². The predicted molar refractivity (Wildman–Crippen MR) is 138 cm³/mol. The van der Waals surface area contributed by atoms with Crippen molar-refractivity contribution in [2.45, 2.75) is 13.1 Å². The molecular weight excluding hydrogens is 440 g/mol. The number of ether oxygens (including phenoxy) is 1. The summed E-state index contributed by atoms with van der Waals surface area (Å²) in [4.78, 5) is 7.23. The third-order valence-corrected chi connectivity index (χ3v) is 5.76. The van der Waals surface area contributed by atoms with Crippen LogP contribution in [0.5, 0.6) is 5.75 Å². The summed E-state index contributed by atoms with van der Waals surface area (Å²) in [6.07, 6.45) is -0.266. The molecule has 7 heteroatoms. The average Bonchev–Trinajstić information content (AvgIpc) is 2.90. The van der Waals surface area contributed by atoms with Crippen molar-refractivity contribution in [1.82, 2.24) is 5.32 Å². The minimum atomic E-state index is -0.266. The Balaban J connectivity index is 1.65. The number of hydrogen-bond acceptors (Lipinski definition) is 4. The molecule has 0 bridgehead atoms. The second-order valence-corrected chi connectivity index (χ2v) is 8.55. The van der Waals surface area contributed by atoms with Crippen molar-refractivity contribution in [2.24, 2.45) is 4.99 Å². The zero-order valence-electron chi connectivity index (χ0n) is 18.2. The van der Waals surface area contributed by atoms with Crippen molar-refractivity contribution < 1.29 is 4.74 Å². The van der Waals surface area contributed by atoms with Crippen LogP contribution < -0.4 is 20.3 Å². The molecule has 3 aromatic carbocycles. The molecule has 1 aliphatic heterocycles. The molecule has 164 valence electrons. The van der Waals surface area contributed by atoms with Gasteiger partial charge < -0.3 is 20.3 Å². The second kappa shape index (κ2) is 9.59. The number of aliphatic imine (C=N–C) groups is 1. The van der Waals surface area contributed by atoms with Gasteiger partial charge in [-0.3, -0.25) is 4.99 Å². The number of likely N-dealkylation sites (N-methyl/N-ethyl adjacent to an activating group) is 1. The van der Waals surface area contributed by atoms with Gasteiger partial charge in [-0.2, -0.15) is 0 Å². The summed E-state index contributed by atoms with van der Waals surface area (Å²) in [5.41, 5.74) is 5.89. The first kappa shape index (κ1) is 22.1. The Morgan fingerprint density at radius 2 is 1.91 bits per heavy atom. The third-order valence-electron chi connectivity index (χ3n) is 5.30. The lowest BCUT2D eigenvalue weighted by molar-refractivity contribution is 0.417. The molecule has 3 aromatic rings. The van der Waals surface area contributed by atoms with Gasteiger partial charge >= 0.3 is 0 Å². The van der Waals surface area contributed by atoms with E-state index in [1.165, 1.54) is 0 Å². The lowest BCUT2D eigenvalue weighted by Gasteiger charge is -2.24. The molecule has 2 N–H and O–H groups in total. The fraction of sp³-hybridized carbons (Fsp3) is 0.200. The maximum Gasteiger partial charge on any atom is 0.172 e. The van der Waals surface area contributed by atoms with Crippen molar-refractivity contribution in [3.8, 4) is 5.75 Å². The largest absolute Gasteiger partial charge is 0.495 e. The van der Waals surface area contributed by atoms with Gasteiger partial charge in [0.15, 0.2) is 5.11 Å². The number of hydrogen-bond donors (Lipinski definition) is 2. The molecule has 5 nitrogen and oxygen atoms in total. The Morgan fingerprint density at radius 1 is 1.12 bits per heavy atom. The van der Waals surface area contributed by atoms with E-state index in [0.29, 0.717) is 16.7 Å². The van der Waals surface area contributed by atoms with Gasteiger partial charge in [-0.15, -0.1) is 0 Å². The highest BCUT2D eigenvalue weighted by Gasteiger charge is 2.23. The second-order valence-electron chi connectivity index (χ2n) is 7.70. The smallest absolute Gasteiger partial charge is 0.172 e. The normalized spacial score (nSPS) is 15.3. The number of anilines is 2. The van der Waals surface area contributed by atoms with Crippen molar-refractivity contribution in [3.63, 3.8) is 0 Å². The molecule has 1 aliphatic rings. The molecule has 0 aromatic heterocycles. The standard InChI is InChI=1S/C25H25ClN4OS/c1-16-9-12-22(31-3)20(13-16)27-25(32)29-23-15-30(2)21-11-10-18(26)14-19(21)24(28-23)17-7-5-4-6-8-17/h4-14,23H,15H2,1-3H3,(H2,27,29,32). The highest BCUT2D eigenvalue weighted by atomic mass is 35.5. The van der Waals surface area contributed by atoms with Crippen LogP contribution in [0.1, 0.15) is 16.7 Å². The number of benzodiazepines with no additional fused rings is 1. The Hall–Kier alpha value is -3.09. The Kier molecular flexibility index (Phi) is 6.63. The van der Waals surface area contributed by atoms with Gasteiger partial charge in [0.05, 0.1) is 25.1 Å². The maximum atomic E-state index is 6.35. The molecule has 32 heavy (non-hydrogen) atoms. The summed E-state index contributed by atoms with van der Waals surface area (Å²) in [6, 6.07) is 22.0. The summed E-state index contributed by atoms with van der Waals surface area (Å²) < 4.78 is 5.46. The minimum absolute atomic E-state index is 0.266. The van der Waals surface area contributed by atoms with Crippen LogP contribution in [0.15, 0.2) is 71.7 Å². The topological polar surface area (TPSA) is 48.9 Å². The predicted octanol–water partition coefficient (Wildman–Crippen LogP) is 5.26. The van der Waals surface area contributed by atoms with Crippen LogP contribution in [0, 0.1) is 6.92 Å². The van der Waals surface area contributed by atoms with Crippen molar-refractivity contribution in [1.29, 1.82) is 0 Å². The van der Waals surface area contributed by atoms with E-state index in [4.69, 9.17) is 33.5 Å². The molecule has 0 spiro atoms. The highest BCUT2D eigenvalue weighted by Crippen LogP contribution is 2.29. The number of methoxy groups -OCH3 is 1. The van der Waals surface area contributed by atoms with Crippen LogP contribution in [-0.2, 0) is 0 Å². The highest BCUT2D eigenvalue weighted by molar-refractivity contribution is 7.80. The first-order valence-electron chi connectivity index (χ1n) is 10.3. The monoisotopic (exact) mass is 464 g/mol. The number of benzene rings is 3. The number of thiocarbonyl (C=S) groups is 1. The minimum Gasteiger partial charge on any atom is -0.495 e. The van der Waals surface area contributed by atoms with Crippen LogP contribution in [0.4, 0.5) is 11.4 Å². The van der Waals surface area contributed by atoms with E-state index in [1.807, 2.05) is 68.6 Å². The number of rotatable bonds is 4. The quantitative estimate of drug-likeness (QED) is 0.516. The number of nitrogens with one attached hydrogen (secondary N) is 2. The first-order valence-corrected chi connectivity index (χ1v) is 11.1. The lowest BCUT2D eigenvalue weighted by Crippen LogP contribution is -2.43. The third kappa shape index (κ3) is 4.87. The van der Waals surface area contributed by atoms with E-state index in [2.05, 4.69) is 27.7 Å². The molecule has 0 fully saturated rings. The van der Waals surface area contributed by atoms with Gasteiger partial charge in [0.1, 0.15) is 11.9 Å². The molecule has 1 unspecified atom stereocenters. The summed E-state index contributed by atoms with van der Waals surface area (Å²) in [7, 11) is 3.69. The average molecular weight is 465 g/mol. The number of aryl methyl sites for hydroxylation is 1. The molecule has 0 saturated carbocycles. The van der Waals surface area contributed by atoms with Crippen molar-refractivity contribution in [2.75, 3.05) is 30.9 Å². The van der Waals surface area contributed by atoms with Crippen molar-refractivity contribution in [3.05, 3.63) is 88.4 Å². The molecule has 1 atom stereocenters. The molecule has 4 rings (SSSR count). The summed E-state index contributed by atoms with van der Waals surface area (Å²) in [5.74, 6) is 0.730. The van der Waals surface area contributed by atoms with Gasteiger partial charge in [-0.25, -0.2) is 0 Å². The van der Waals surface area contributed by atoms with E-state index in [1.54, 1.807) is 7.11 Å². The molecule has 0 saturated heterocycles. The zero-order valence-corrected chi connectivity index (χ0v) is 19.8. The SMILES string of the molecule is COc1ccc(C)cc1NC(=S)NC1CN(C)c2ccc(Cl)cc2C(c2ccccc2)=N1. The number of halogens is 1. The molecule has 0 aliphatic carbocycles. The fourth-order valence-electron chi connectivity index (χ4n) is 3.79. The first-order chi connectivity index (χ1) is 15.4.